The van der Waals surface area contributed by atoms with Gasteiger partial charge in [-0.3, -0.25) is 0 Å². The number of hydrogen-bond acceptors (Lipinski definition) is 1. The summed E-state index contributed by atoms with van der Waals surface area (Å²) in [6, 6.07) is 57.4. The second kappa shape index (κ2) is 9.29. The van der Waals surface area contributed by atoms with Gasteiger partial charge in [-0.1, -0.05) is 146 Å². The lowest BCUT2D eigenvalue weighted by molar-refractivity contribution is 0.670. The van der Waals surface area contributed by atoms with E-state index < -0.39 is 0 Å². The van der Waals surface area contributed by atoms with Crippen LogP contribution in [0, 0.1) is 0 Å². The van der Waals surface area contributed by atoms with Crippen LogP contribution in [0.1, 0.15) is 0 Å². The van der Waals surface area contributed by atoms with Crippen LogP contribution in [0.5, 0.6) is 0 Å². The molecule has 0 aliphatic heterocycles. The van der Waals surface area contributed by atoms with Gasteiger partial charge < -0.3 is 4.42 Å². The molecule has 1 nitrogen and oxygen atoms in total. The highest BCUT2D eigenvalue weighted by Gasteiger charge is 2.16. The van der Waals surface area contributed by atoms with Crippen molar-refractivity contribution in [3.63, 3.8) is 0 Å². The van der Waals surface area contributed by atoms with E-state index in [9.17, 15) is 0 Å². The molecule has 45 heavy (non-hydrogen) atoms. The van der Waals surface area contributed by atoms with Crippen LogP contribution in [0.3, 0.4) is 0 Å². The molecule has 0 fully saturated rings. The van der Waals surface area contributed by atoms with Gasteiger partial charge in [-0.25, -0.2) is 0 Å². The van der Waals surface area contributed by atoms with E-state index in [4.69, 9.17) is 4.42 Å². The second-order valence-corrected chi connectivity index (χ2v) is 12.1. The molecule has 9 aromatic carbocycles. The molecule has 1 heteroatoms. The summed E-state index contributed by atoms with van der Waals surface area (Å²) in [6.07, 6.45) is 0. The highest BCUT2D eigenvalue weighted by Crippen LogP contribution is 2.43. The van der Waals surface area contributed by atoms with Crippen LogP contribution in [0.25, 0.3) is 98.4 Å². The van der Waals surface area contributed by atoms with Crippen molar-refractivity contribution < 1.29 is 4.42 Å². The number of para-hydroxylation sites is 2. The number of rotatable bonds is 3. The molecule has 0 saturated carbocycles. The van der Waals surface area contributed by atoms with Crippen LogP contribution in [-0.2, 0) is 0 Å². The first-order valence-electron chi connectivity index (χ1n) is 15.5. The minimum absolute atomic E-state index is 0.925. The van der Waals surface area contributed by atoms with E-state index in [0.29, 0.717) is 0 Å². The first-order valence-corrected chi connectivity index (χ1v) is 15.5. The molecule has 0 unspecified atom stereocenters. The van der Waals surface area contributed by atoms with Crippen molar-refractivity contribution in [2.75, 3.05) is 0 Å². The predicted molar refractivity (Wildman–Crippen MR) is 191 cm³/mol. The van der Waals surface area contributed by atoms with E-state index in [1.165, 1.54) is 65.3 Å². The minimum Gasteiger partial charge on any atom is -0.455 e. The van der Waals surface area contributed by atoms with E-state index in [1.54, 1.807) is 0 Å². The first kappa shape index (κ1) is 24.5. The lowest BCUT2D eigenvalue weighted by Gasteiger charge is -2.17. The Labute approximate surface area is 259 Å². The number of benzene rings is 9. The van der Waals surface area contributed by atoms with E-state index >= 15 is 0 Å². The Kier molecular flexibility index (Phi) is 5.06. The topological polar surface area (TPSA) is 13.1 Å². The molecule has 0 amide bonds. The Hall–Kier alpha value is -5.92. The average molecular weight is 571 g/mol. The third-order valence-electron chi connectivity index (χ3n) is 9.64. The Morgan fingerprint density at radius 2 is 0.867 bits per heavy atom. The minimum atomic E-state index is 0.925. The second-order valence-electron chi connectivity index (χ2n) is 12.1. The first-order chi connectivity index (χ1) is 22.3. The Morgan fingerprint density at radius 3 is 1.62 bits per heavy atom. The van der Waals surface area contributed by atoms with Crippen molar-refractivity contribution in [2.45, 2.75) is 0 Å². The summed E-state index contributed by atoms with van der Waals surface area (Å²) < 4.78 is 6.34. The number of furan rings is 1. The molecule has 10 aromatic rings. The van der Waals surface area contributed by atoms with E-state index in [0.717, 1.165) is 33.1 Å². The van der Waals surface area contributed by atoms with Gasteiger partial charge in [-0.15, -0.1) is 0 Å². The van der Waals surface area contributed by atoms with Crippen LogP contribution in [-0.4, -0.2) is 0 Å². The summed E-state index contributed by atoms with van der Waals surface area (Å²) in [4.78, 5) is 0. The van der Waals surface area contributed by atoms with Gasteiger partial charge in [0, 0.05) is 16.3 Å². The average Bonchev–Trinajstić information content (AvgIpc) is 3.49. The van der Waals surface area contributed by atoms with Crippen molar-refractivity contribution in [1.29, 1.82) is 0 Å². The van der Waals surface area contributed by atoms with Crippen LogP contribution >= 0.6 is 0 Å². The standard InChI is InChI=1S/C44H26O/c1-2-7-32-26-33(19-12-27(32)6-1)35-23-21-31-18-17-30-20-22-34(38-24-25-39(35)43(31)42(30)38)28-13-15-29(16-14-28)36-9-5-10-40-37-8-3-4-11-41(37)45-44(36)40/h1-26H. The smallest absolute Gasteiger partial charge is 0.143 e. The van der Waals surface area contributed by atoms with Gasteiger partial charge in [0.25, 0.3) is 0 Å². The Balaban J connectivity index is 1.13. The summed E-state index contributed by atoms with van der Waals surface area (Å²) in [6.45, 7) is 0. The summed E-state index contributed by atoms with van der Waals surface area (Å²) in [5, 5.41) is 12.7. The molecule has 1 heterocycles. The molecule has 10 rings (SSSR count). The summed E-state index contributed by atoms with van der Waals surface area (Å²) in [5.74, 6) is 0. The van der Waals surface area contributed by atoms with Crippen LogP contribution in [0.2, 0.25) is 0 Å². The zero-order valence-electron chi connectivity index (χ0n) is 24.4. The quantitative estimate of drug-likeness (QED) is 0.193. The van der Waals surface area contributed by atoms with Crippen molar-refractivity contribution in [1.82, 2.24) is 0 Å². The van der Waals surface area contributed by atoms with Gasteiger partial charge in [0.1, 0.15) is 11.2 Å². The predicted octanol–water partition coefficient (Wildman–Crippen LogP) is 12.6. The van der Waals surface area contributed by atoms with Crippen molar-refractivity contribution >= 4 is 65.0 Å². The highest BCUT2D eigenvalue weighted by molar-refractivity contribution is 6.27. The Bertz CT molecular complexity index is 2740. The molecule has 208 valence electrons. The lowest BCUT2D eigenvalue weighted by atomic mass is 9.87. The van der Waals surface area contributed by atoms with Crippen LogP contribution in [0.15, 0.2) is 162 Å². The molecule has 0 aliphatic carbocycles. The van der Waals surface area contributed by atoms with Crippen molar-refractivity contribution in [3.05, 3.63) is 158 Å². The number of fused-ring (bicyclic) bond motifs is 4. The monoisotopic (exact) mass is 570 g/mol. The van der Waals surface area contributed by atoms with Crippen molar-refractivity contribution in [3.8, 4) is 33.4 Å². The Morgan fingerprint density at radius 1 is 0.311 bits per heavy atom. The van der Waals surface area contributed by atoms with Gasteiger partial charge in [-0.05, 0) is 83.0 Å². The largest absolute Gasteiger partial charge is 0.455 e. The summed E-state index contributed by atoms with van der Waals surface area (Å²) >= 11 is 0. The molecular weight excluding hydrogens is 544 g/mol. The van der Waals surface area contributed by atoms with Crippen LogP contribution < -0.4 is 0 Å². The molecule has 0 radical (unpaired) electrons. The molecule has 0 N–H and O–H groups in total. The fourth-order valence-corrected chi connectivity index (χ4v) is 7.47. The molecule has 1 aromatic heterocycles. The fourth-order valence-electron chi connectivity index (χ4n) is 7.47. The fraction of sp³-hybridized carbons (Fsp3) is 0. The van der Waals surface area contributed by atoms with E-state index in [-0.39, 0.29) is 0 Å². The maximum absolute atomic E-state index is 6.34. The number of hydrogen-bond donors (Lipinski definition) is 0. The summed E-state index contributed by atoms with van der Waals surface area (Å²) in [5.41, 5.74) is 9.13. The zero-order chi connectivity index (χ0) is 29.5. The van der Waals surface area contributed by atoms with Gasteiger partial charge in [0.2, 0.25) is 0 Å². The maximum Gasteiger partial charge on any atom is 0.143 e. The van der Waals surface area contributed by atoms with Crippen molar-refractivity contribution in [2.24, 2.45) is 0 Å². The molecule has 0 bridgehead atoms. The summed E-state index contributed by atoms with van der Waals surface area (Å²) in [7, 11) is 0. The van der Waals surface area contributed by atoms with E-state index in [2.05, 4.69) is 146 Å². The van der Waals surface area contributed by atoms with Gasteiger partial charge in [-0.2, -0.15) is 0 Å². The van der Waals surface area contributed by atoms with Gasteiger partial charge >= 0.3 is 0 Å². The molecule has 0 spiro atoms. The molecule has 0 saturated heterocycles. The molecular formula is C44H26O. The highest BCUT2D eigenvalue weighted by atomic mass is 16.3. The third kappa shape index (κ3) is 3.62. The third-order valence-corrected chi connectivity index (χ3v) is 9.64. The van der Waals surface area contributed by atoms with Gasteiger partial charge in [0.15, 0.2) is 0 Å². The zero-order valence-corrected chi connectivity index (χ0v) is 24.4. The molecule has 0 aliphatic rings. The van der Waals surface area contributed by atoms with E-state index in [1.807, 2.05) is 12.1 Å². The molecule has 0 atom stereocenters. The maximum atomic E-state index is 6.34. The normalized spacial score (nSPS) is 12.0. The van der Waals surface area contributed by atoms with Gasteiger partial charge in [0.05, 0.1) is 0 Å². The lowest BCUT2D eigenvalue weighted by Crippen LogP contribution is -1.90. The van der Waals surface area contributed by atoms with Crippen LogP contribution in [0.4, 0.5) is 0 Å². The SMILES string of the molecule is c1ccc2cc(-c3ccc4ccc5ccc(-c6ccc(-c7cccc8c7oc7ccccc78)cc6)c6ccc3c4c56)ccc2c1.